The van der Waals surface area contributed by atoms with Gasteiger partial charge >= 0.3 is 6.18 Å². The second kappa shape index (κ2) is 9.12. The first-order valence-electron chi connectivity index (χ1n) is 10.3. The fourth-order valence-electron chi connectivity index (χ4n) is 3.54. The number of hydrogen-bond acceptors (Lipinski definition) is 4. The molecule has 1 N–H and O–H groups in total. The first-order chi connectivity index (χ1) is 16.1. The molecule has 1 unspecified atom stereocenters. The average Bonchev–Trinajstić information content (AvgIpc) is 3.28. The van der Waals surface area contributed by atoms with Gasteiger partial charge in [0.2, 0.25) is 0 Å². The Bertz CT molecular complexity index is 1360. The number of halogens is 4. The monoisotopic (exact) mass is 472 g/mol. The van der Waals surface area contributed by atoms with Crippen LogP contribution in [0, 0.1) is 5.82 Å². The largest absolute Gasteiger partial charge is 0.497 e. The minimum absolute atomic E-state index is 0.0571. The average molecular weight is 472 g/mol. The van der Waals surface area contributed by atoms with E-state index in [-0.39, 0.29) is 11.1 Å². The predicted molar refractivity (Wildman–Crippen MR) is 117 cm³/mol. The van der Waals surface area contributed by atoms with Crippen LogP contribution in [0.2, 0.25) is 0 Å². The highest BCUT2D eigenvalue weighted by molar-refractivity contribution is 5.56. The van der Waals surface area contributed by atoms with Crippen LogP contribution in [0.1, 0.15) is 35.5 Å². The molecule has 0 saturated heterocycles. The lowest BCUT2D eigenvalue weighted by Crippen LogP contribution is -2.12. The lowest BCUT2D eigenvalue weighted by Gasteiger charge is -2.15. The molecule has 0 amide bonds. The lowest BCUT2D eigenvalue weighted by atomic mass is 10.0. The SMILES string of the molecule is COc1ccc(Cc2nc(-c3cnn(C(C)c4ccc(C(F)(F)F)cc4F)c3)cc(=O)[nH]2)cc1. The van der Waals surface area contributed by atoms with Gasteiger partial charge in [0.25, 0.3) is 5.56 Å². The van der Waals surface area contributed by atoms with E-state index in [0.717, 1.165) is 17.7 Å². The molecule has 4 aromatic rings. The maximum absolute atomic E-state index is 14.4. The van der Waals surface area contributed by atoms with Crippen molar-refractivity contribution >= 4 is 0 Å². The molecule has 0 saturated carbocycles. The van der Waals surface area contributed by atoms with Gasteiger partial charge < -0.3 is 9.72 Å². The third-order valence-corrected chi connectivity index (χ3v) is 5.39. The second-order valence-electron chi connectivity index (χ2n) is 7.72. The normalized spacial score (nSPS) is 12.5. The van der Waals surface area contributed by atoms with E-state index in [1.54, 1.807) is 20.2 Å². The van der Waals surface area contributed by atoms with Crippen LogP contribution in [0.5, 0.6) is 5.75 Å². The van der Waals surface area contributed by atoms with Gasteiger partial charge in [-0.15, -0.1) is 0 Å². The molecule has 10 heteroatoms. The topological polar surface area (TPSA) is 72.8 Å². The van der Waals surface area contributed by atoms with E-state index >= 15 is 0 Å². The zero-order chi connectivity index (χ0) is 24.5. The van der Waals surface area contributed by atoms with Crippen molar-refractivity contribution < 1.29 is 22.3 Å². The van der Waals surface area contributed by atoms with Gasteiger partial charge in [-0.2, -0.15) is 18.3 Å². The highest BCUT2D eigenvalue weighted by atomic mass is 19.4. The Hall–Kier alpha value is -3.95. The van der Waals surface area contributed by atoms with E-state index in [2.05, 4.69) is 15.1 Å². The number of aromatic nitrogens is 4. The Balaban J connectivity index is 1.58. The maximum Gasteiger partial charge on any atom is 0.416 e. The van der Waals surface area contributed by atoms with Crippen molar-refractivity contribution in [2.24, 2.45) is 0 Å². The number of nitrogens with one attached hydrogen (secondary N) is 1. The summed E-state index contributed by atoms with van der Waals surface area (Å²) in [5.74, 6) is 0.183. The van der Waals surface area contributed by atoms with Gasteiger partial charge in [-0.05, 0) is 36.8 Å². The zero-order valence-electron chi connectivity index (χ0n) is 18.2. The van der Waals surface area contributed by atoms with Crippen LogP contribution in [0.4, 0.5) is 17.6 Å². The molecule has 2 aromatic carbocycles. The van der Waals surface area contributed by atoms with Crippen LogP contribution in [0.3, 0.4) is 0 Å². The summed E-state index contributed by atoms with van der Waals surface area (Å²) in [5, 5.41) is 4.21. The van der Waals surface area contributed by atoms with Crippen molar-refractivity contribution in [2.75, 3.05) is 7.11 Å². The molecule has 0 aliphatic heterocycles. The summed E-state index contributed by atoms with van der Waals surface area (Å²) < 4.78 is 59.4. The molecule has 4 rings (SSSR count). The van der Waals surface area contributed by atoms with Crippen LogP contribution in [0.15, 0.2) is 65.7 Å². The van der Waals surface area contributed by atoms with Crippen LogP contribution in [-0.4, -0.2) is 26.9 Å². The molecule has 0 aliphatic carbocycles. The van der Waals surface area contributed by atoms with Crippen molar-refractivity contribution in [1.82, 2.24) is 19.7 Å². The summed E-state index contributed by atoms with van der Waals surface area (Å²) in [6.45, 7) is 1.61. The quantitative estimate of drug-likeness (QED) is 0.401. The minimum Gasteiger partial charge on any atom is -0.497 e. The number of alkyl halides is 3. The molecule has 0 spiro atoms. The Morgan fingerprint density at radius 2 is 1.85 bits per heavy atom. The Morgan fingerprint density at radius 3 is 2.50 bits per heavy atom. The van der Waals surface area contributed by atoms with Crippen molar-refractivity contribution in [3.8, 4) is 17.0 Å². The van der Waals surface area contributed by atoms with Crippen molar-refractivity contribution in [3.05, 3.63) is 99.6 Å². The van der Waals surface area contributed by atoms with Crippen molar-refractivity contribution in [3.63, 3.8) is 0 Å². The fourth-order valence-corrected chi connectivity index (χ4v) is 3.54. The number of aromatic amines is 1. The molecule has 0 aliphatic rings. The Morgan fingerprint density at radius 1 is 1.12 bits per heavy atom. The Labute approximate surface area is 191 Å². The van der Waals surface area contributed by atoms with Gasteiger partial charge in [0.05, 0.1) is 30.6 Å². The molecule has 0 radical (unpaired) electrons. The molecule has 176 valence electrons. The molecule has 0 fully saturated rings. The van der Waals surface area contributed by atoms with E-state index in [4.69, 9.17) is 4.74 Å². The second-order valence-corrected chi connectivity index (χ2v) is 7.72. The van der Waals surface area contributed by atoms with Crippen molar-refractivity contribution in [1.29, 1.82) is 0 Å². The number of ether oxygens (including phenoxy) is 1. The van der Waals surface area contributed by atoms with Crippen LogP contribution >= 0.6 is 0 Å². The summed E-state index contributed by atoms with van der Waals surface area (Å²) in [6, 6.07) is 10.4. The molecular weight excluding hydrogens is 452 g/mol. The number of benzene rings is 2. The number of nitrogens with zero attached hydrogens (tertiary/aromatic N) is 3. The zero-order valence-corrected chi connectivity index (χ0v) is 18.2. The first-order valence-corrected chi connectivity index (χ1v) is 10.3. The van der Waals surface area contributed by atoms with Crippen LogP contribution < -0.4 is 10.3 Å². The minimum atomic E-state index is -4.63. The molecule has 1 atom stereocenters. The number of hydrogen-bond donors (Lipinski definition) is 1. The van der Waals surface area contributed by atoms with Gasteiger partial charge in [0, 0.05) is 29.8 Å². The van der Waals surface area contributed by atoms with E-state index in [0.29, 0.717) is 35.3 Å². The predicted octanol–water partition coefficient (Wildman–Crippen LogP) is 5.00. The van der Waals surface area contributed by atoms with E-state index in [1.807, 2.05) is 24.3 Å². The van der Waals surface area contributed by atoms with Crippen LogP contribution in [-0.2, 0) is 12.6 Å². The van der Waals surface area contributed by atoms with E-state index in [1.165, 1.54) is 16.9 Å². The third kappa shape index (κ3) is 5.00. The third-order valence-electron chi connectivity index (χ3n) is 5.39. The van der Waals surface area contributed by atoms with Gasteiger partial charge in [-0.1, -0.05) is 18.2 Å². The number of methoxy groups -OCH3 is 1. The van der Waals surface area contributed by atoms with Gasteiger partial charge in [-0.25, -0.2) is 9.37 Å². The number of rotatable bonds is 6. The first kappa shape index (κ1) is 23.2. The molecule has 34 heavy (non-hydrogen) atoms. The summed E-state index contributed by atoms with van der Waals surface area (Å²) in [7, 11) is 1.57. The molecular formula is C24H20F4N4O2. The standard InChI is InChI=1S/C24H20F4N4O2/c1-14(19-8-5-17(10-20(19)25)24(26,27)28)32-13-16(12-29-32)21-11-23(33)31-22(30-21)9-15-3-6-18(34-2)7-4-15/h3-8,10-14H,9H2,1-2H3,(H,30,31,33). The lowest BCUT2D eigenvalue weighted by molar-refractivity contribution is -0.137. The summed E-state index contributed by atoms with van der Waals surface area (Å²) in [5.41, 5.74) is 0.465. The maximum atomic E-state index is 14.4. The molecule has 0 bridgehead atoms. The van der Waals surface area contributed by atoms with E-state index in [9.17, 15) is 22.4 Å². The summed E-state index contributed by atoms with van der Waals surface area (Å²) in [4.78, 5) is 19.4. The fraction of sp³-hybridized carbons (Fsp3) is 0.208. The number of H-pyrrole nitrogens is 1. The smallest absolute Gasteiger partial charge is 0.416 e. The summed E-state index contributed by atoms with van der Waals surface area (Å²) in [6.07, 6.45) is -1.20. The Kier molecular flexibility index (Phi) is 6.23. The van der Waals surface area contributed by atoms with Crippen LogP contribution in [0.25, 0.3) is 11.3 Å². The molecule has 2 heterocycles. The molecule has 6 nitrogen and oxygen atoms in total. The van der Waals surface area contributed by atoms with Crippen molar-refractivity contribution in [2.45, 2.75) is 25.6 Å². The van der Waals surface area contributed by atoms with E-state index < -0.39 is 23.6 Å². The van der Waals surface area contributed by atoms with Gasteiger partial charge in [0.1, 0.15) is 17.4 Å². The molecule has 2 aromatic heterocycles. The highest BCUT2D eigenvalue weighted by Gasteiger charge is 2.31. The van der Waals surface area contributed by atoms with Gasteiger partial charge in [-0.3, -0.25) is 9.48 Å². The van der Waals surface area contributed by atoms with Gasteiger partial charge in [0.15, 0.2) is 0 Å². The summed E-state index contributed by atoms with van der Waals surface area (Å²) >= 11 is 0. The highest BCUT2D eigenvalue weighted by Crippen LogP contribution is 2.32.